The molecule has 0 aliphatic heterocycles. The molecule has 0 radical (unpaired) electrons. The first-order chi connectivity index (χ1) is 8.13. The highest BCUT2D eigenvalue weighted by atomic mass is 79.9. The number of hydrogen-bond acceptors (Lipinski definition) is 1. The molecule has 0 aromatic heterocycles. The van der Waals surface area contributed by atoms with E-state index in [2.05, 4.69) is 42.8 Å². The van der Waals surface area contributed by atoms with Gasteiger partial charge in [0.2, 0.25) is 0 Å². The highest BCUT2D eigenvalue weighted by Gasteiger charge is 2.56. The zero-order valence-corrected chi connectivity index (χ0v) is 14.1. The number of alkyl halides is 2. The van der Waals surface area contributed by atoms with Crippen LogP contribution in [0.3, 0.4) is 0 Å². The van der Waals surface area contributed by atoms with Crippen molar-refractivity contribution in [3.63, 3.8) is 0 Å². The van der Waals surface area contributed by atoms with E-state index in [1.807, 2.05) is 6.92 Å². The Labute approximate surface area is 124 Å². The van der Waals surface area contributed by atoms with Crippen molar-refractivity contribution in [1.29, 1.82) is 0 Å². The number of allylic oxidation sites excluding steroid dienone is 2. The lowest BCUT2D eigenvalue weighted by molar-refractivity contribution is -0.0455. The van der Waals surface area contributed by atoms with Gasteiger partial charge >= 0.3 is 0 Å². The zero-order valence-electron chi connectivity index (χ0n) is 11.8. The Morgan fingerprint density at radius 3 is 2.50 bits per heavy atom. The second-order valence-electron chi connectivity index (χ2n) is 6.92. The van der Waals surface area contributed by atoms with Crippen molar-refractivity contribution in [2.75, 3.05) is 0 Å². The first-order valence-corrected chi connectivity index (χ1v) is 8.16. The minimum absolute atomic E-state index is 0.133. The van der Waals surface area contributed by atoms with E-state index < -0.39 is 5.60 Å². The summed E-state index contributed by atoms with van der Waals surface area (Å²) in [6.45, 7) is 8.79. The molecule has 4 atom stereocenters. The van der Waals surface area contributed by atoms with Gasteiger partial charge in [-0.1, -0.05) is 41.4 Å². The van der Waals surface area contributed by atoms with Crippen molar-refractivity contribution in [3.8, 4) is 0 Å². The molecule has 1 fully saturated rings. The quantitative estimate of drug-likeness (QED) is 0.504. The van der Waals surface area contributed by atoms with Gasteiger partial charge in [-0.3, -0.25) is 0 Å². The summed E-state index contributed by atoms with van der Waals surface area (Å²) in [6.07, 6.45) is 6.13. The third kappa shape index (κ3) is 1.99. The largest absolute Gasteiger partial charge is 0.389 e. The Hall–Kier alpha value is 0.470. The summed E-state index contributed by atoms with van der Waals surface area (Å²) in [7, 11) is 0. The molecule has 0 heterocycles. The summed E-state index contributed by atoms with van der Waals surface area (Å²) >= 11 is 10.3. The van der Waals surface area contributed by atoms with Crippen LogP contribution < -0.4 is 0 Å². The van der Waals surface area contributed by atoms with Crippen LogP contribution in [-0.4, -0.2) is 20.9 Å². The standard InChI is InChI=1S/C15H24BrClO/c1-10-5-6-11(16)13(2,3)15(10)8-7-14(4,18)12(17)9-15/h5,11-12,18H,6-9H2,1-4H3/t11-,12+,14+,15-/m1/s1. The molecule has 0 saturated heterocycles. The molecule has 1 spiro atoms. The molecule has 0 aromatic rings. The maximum absolute atomic E-state index is 10.3. The fourth-order valence-electron chi connectivity index (χ4n) is 3.77. The van der Waals surface area contributed by atoms with Crippen LogP contribution in [0.2, 0.25) is 0 Å². The Morgan fingerprint density at radius 2 is 1.94 bits per heavy atom. The number of rotatable bonds is 0. The van der Waals surface area contributed by atoms with Gasteiger partial charge in [-0.25, -0.2) is 0 Å². The first-order valence-electron chi connectivity index (χ1n) is 6.81. The van der Waals surface area contributed by atoms with E-state index in [1.54, 1.807) is 0 Å². The molecule has 18 heavy (non-hydrogen) atoms. The third-order valence-electron chi connectivity index (χ3n) is 5.66. The van der Waals surface area contributed by atoms with E-state index in [9.17, 15) is 5.11 Å². The lowest BCUT2D eigenvalue weighted by Crippen LogP contribution is -2.55. The van der Waals surface area contributed by atoms with E-state index in [1.165, 1.54) is 5.57 Å². The second kappa shape index (κ2) is 4.49. The van der Waals surface area contributed by atoms with Crippen LogP contribution in [-0.2, 0) is 0 Å². The van der Waals surface area contributed by atoms with Crippen LogP contribution in [0, 0.1) is 10.8 Å². The average Bonchev–Trinajstić information content (AvgIpc) is 2.27. The molecule has 2 aliphatic carbocycles. The Balaban J connectivity index is 2.41. The van der Waals surface area contributed by atoms with Crippen LogP contribution in [0.5, 0.6) is 0 Å². The number of aliphatic hydroxyl groups is 1. The number of halogens is 2. The predicted octanol–water partition coefficient (Wildman–Crippen LogP) is 4.65. The molecule has 104 valence electrons. The van der Waals surface area contributed by atoms with E-state index in [0.29, 0.717) is 4.83 Å². The summed E-state index contributed by atoms with van der Waals surface area (Å²) in [5.41, 5.74) is 1.05. The molecule has 2 rings (SSSR count). The number of hydrogen-bond donors (Lipinski definition) is 1. The molecule has 2 aliphatic rings. The summed E-state index contributed by atoms with van der Waals surface area (Å²) < 4.78 is 0. The topological polar surface area (TPSA) is 20.2 Å². The van der Waals surface area contributed by atoms with Gasteiger partial charge in [-0.15, -0.1) is 11.6 Å². The zero-order chi connectivity index (χ0) is 13.8. The van der Waals surface area contributed by atoms with Crippen molar-refractivity contribution in [1.82, 2.24) is 0 Å². The molecule has 1 saturated carbocycles. The van der Waals surface area contributed by atoms with Gasteiger partial charge < -0.3 is 5.11 Å². The highest BCUT2D eigenvalue weighted by molar-refractivity contribution is 9.09. The van der Waals surface area contributed by atoms with E-state index >= 15 is 0 Å². The summed E-state index contributed by atoms with van der Waals surface area (Å²) in [6, 6.07) is 0. The highest BCUT2D eigenvalue weighted by Crippen LogP contribution is 2.61. The molecule has 0 amide bonds. The minimum Gasteiger partial charge on any atom is -0.389 e. The summed E-state index contributed by atoms with van der Waals surface area (Å²) in [4.78, 5) is 0.487. The van der Waals surface area contributed by atoms with Gasteiger partial charge in [-0.05, 0) is 50.4 Å². The molecule has 0 unspecified atom stereocenters. The van der Waals surface area contributed by atoms with Crippen LogP contribution >= 0.6 is 27.5 Å². The SMILES string of the molecule is CC1=CC[C@@H](Br)C(C)(C)[C@@]12CC[C@](C)(O)[C@@H](Cl)C2. The Morgan fingerprint density at radius 1 is 1.33 bits per heavy atom. The fourth-order valence-corrected chi connectivity index (χ4v) is 4.77. The monoisotopic (exact) mass is 334 g/mol. The normalized spacial score (nSPS) is 48.1. The van der Waals surface area contributed by atoms with Crippen molar-refractivity contribution in [3.05, 3.63) is 11.6 Å². The molecular weight excluding hydrogens is 312 g/mol. The van der Waals surface area contributed by atoms with Gasteiger partial charge in [0.1, 0.15) is 0 Å². The fraction of sp³-hybridized carbons (Fsp3) is 0.867. The van der Waals surface area contributed by atoms with Crippen LogP contribution in [0.15, 0.2) is 11.6 Å². The van der Waals surface area contributed by atoms with E-state index in [4.69, 9.17) is 11.6 Å². The molecule has 0 aromatic carbocycles. The van der Waals surface area contributed by atoms with Gasteiger partial charge in [-0.2, -0.15) is 0 Å². The second-order valence-corrected chi connectivity index (χ2v) is 8.56. The molecule has 1 N–H and O–H groups in total. The van der Waals surface area contributed by atoms with E-state index in [0.717, 1.165) is 25.7 Å². The maximum Gasteiger partial charge on any atom is 0.0783 e. The average molecular weight is 336 g/mol. The smallest absolute Gasteiger partial charge is 0.0783 e. The lowest BCUT2D eigenvalue weighted by atomic mass is 9.50. The van der Waals surface area contributed by atoms with Crippen molar-refractivity contribution in [2.45, 2.75) is 69.2 Å². The van der Waals surface area contributed by atoms with Crippen molar-refractivity contribution in [2.24, 2.45) is 10.8 Å². The molecule has 3 heteroatoms. The predicted molar refractivity (Wildman–Crippen MR) is 81.4 cm³/mol. The minimum atomic E-state index is -0.720. The molecule has 0 bridgehead atoms. The van der Waals surface area contributed by atoms with Gasteiger partial charge in [0.15, 0.2) is 0 Å². The van der Waals surface area contributed by atoms with Gasteiger partial charge in [0.05, 0.1) is 11.0 Å². The van der Waals surface area contributed by atoms with Crippen LogP contribution in [0.4, 0.5) is 0 Å². The van der Waals surface area contributed by atoms with Crippen LogP contribution in [0.1, 0.15) is 53.4 Å². The van der Waals surface area contributed by atoms with Crippen LogP contribution in [0.25, 0.3) is 0 Å². The van der Waals surface area contributed by atoms with Crippen molar-refractivity contribution >= 4 is 27.5 Å². The van der Waals surface area contributed by atoms with Gasteiger partial charge in [0.25, 0.3) is 0 Å². The molecule has 1 nitrogen and oxygen atoms in total. The van der Waals surface area contributed by atoms with Crippen molar-refractivity contribution < 1.29 is 5.11 Å². The third-order valence-corrected chi connectivity index (χ3v) is 7.81. The Kier molecular flexibility index (Phi) is 3.71. The lowest BCUT2D eigenvalue weighted by Gasteiger charge is -2.58. The first kappa shape index (κ1) is 14.9. The summed E-state index contributed by atoms with van der Waals surface area (Å²) in [5.74, 6) is 0. The van der Waals surface area contributed by atoms with E-state index in [-0.39, 0.29) is 16.2 Å². The Bertz CT molecular complexity index is 375. The summed E-state index contributed by atoms with van der Waals surface area (Å²) in [5, 5.41) is 10.2. The maximum atomic E-state index is 10.3. The molecular formula is C15H24BrClO. The van der Waals surface area contributed by atoms with Gasteiger partial charge in [0, 0.05) is 4.83 Å².